The van der Waals surface area contributed by atoms with Crippen LogP contribution in [-0.4, -0.2) is 15.0 Å². The molecule has 0 atom stereocenters. The molecule has 0 unspecified atom stereocenters. The summed E-state index contributed by atoms with van der Waals surface area (Å²) in [6.45, 7) is 1.24. The molecule has 5 N–H and O–H groups in total. The van der Waals surface area contributed by atoms with Gasteiger partial charge in [-0.3, -0.25) is 5.43 Å². The minimum Gasteiger partial charge on any atom is -0.350 e. The van der Waals surface area contributed by atoms with E-state index in [1.165, 1.54) is 0 Å². The van der Waals surface area contributed by atoms with Crippen LogP contribution < -0.4 is 21.9 Å². The Morgan fingerprint density at radius 1 is 0.625 bits per heavy atom. The highest BCUT2D eigenvalue weighted by atomic mass is 15.3. The largest absolute Gasteiger partial charge is 0.350 e. The molecule has 0 amide bonds. The predicted molar refractivity (Wildman–Crippen MR) is 95.2 cm³/mol. The van der Waals surface area contributed by atoms with Gasteiger partial charge in [-0.2, -0.15) is 15.0 Å². The van der Waals surface area contributed by atoms with Gasteiger partial charge in [0.1, 0.15) is 0 Å². The summed E-state index contributed by atoms with van der Waals surface area (Å²) < 4.78 is 0. The van der Waals surface area contributed by atoms with Gasteiger partial charge in [-0.25, -0.2) is 5.84 Å². The molecule has 0 spiro atoms. The Bertz CT molecular complexity index is 701. The molecule has 0 aliphatic heterocycles. The van der Waals surface area contributed by atoms with Gasteiger partial charge in [0.15, 0.2) is 0 Å². The molecule has 0 fully saturated rings. The average molecular weight is 321 g/mol. The quantitative estimate of drug-likeness (QED) is 0.391. The molecule has 2 aromatic carbocycles. The summed E-state index contributed by atoms with van der Waals surface area (Å²) in [7, 11) is 0. The van der Waals surface area contributed by atoms with Gasteiger partial charge in [0.25, 0.3) is 0 Å². The number of hydrazine groups is 1. The van der Waals surface area contributed by atoms with Gasteiger partial charge >= 0.3 is 0 Å². The minimum atomic E-state index is 0.302. The lowest BCUT2D eigenvalue weighted by molar-refractivity contribution is 0.972. The Morgan fingerprint density at radius 2 is 1.04 bits per heavy atom. The van der Waals surface area contributed by atoms with Crippen LogP contribution in [0.2, 0.25) is 0 Å². The van der Waals surface area contributed by atoms with Gasteiger partial charge < -0.3 is 10.6 Å². The molecule has 1 aromatic heterocycles. The van der Waals surface area contributed by atoms with Crippen LogP contribution in [-0.2, 0) is 13.1 Å². The number of aromatic nitrogens is 3. The molecule has 3 rings (SSSR count). The summed E-state index contributed by atoms with van der Waals surface area (Å²) in [4.78, 5) is 12.8. The van der Waals surface area contributed by atoms with Crippen LogP contribution in [0.3, 0.4) is 0 Å². The molecule has 1 heterocycles. The van der Waals surface area contributed by atoms with Crippen molar-refractivity contribution in [2.24, 2.45) is 5.84 Å². The number of rotatable bonds is 7. The van der Waals surface area contributed by atoms with Crippen molar-refractivity contribution in [3.63, 3.8) is 0 Å². The number of benzene rings is 2. The van der Waals surface area contributed by atoms with Crippen molar-refractivity contribution in [1.29, 1.82) is 0 Å². The molecule has 0 saturated heterocycles. The Balaban J connectivity index is 1.68. The number of hydrogen-bond acceptors (Lipinski definition) is 7. The van der Waals surface area contributed by atoms with E-state index in [0.29, 0.717) is 30.9 Å². The maximum atomic E-state index is 5.44. The zero-order chi connectivity index (χ0) is 16.6. The zero-order valence-corrected chi connectivity index (χ0v) is 13.1. The molecule has 0 aliphatic rings. The minimum absolute atomic E-state index is 0.302. The van der Waals surface area contributed by atoms with Crippen molar-refractivity contribution in [1.82, 2.24) is 15.0 Å². The predicted octanol–water partition coefficient (Wildman–Crippen LogP) is 2.38. The molecule has 24 heavy (non-hydrogen) atoms. The molecular formula is C17H19N7. The fourth-order valence-corrected chi connectivity index (χ4v) is 2.15. The van der Waals surface area contributed by atoms with E-state index in [1.54, 1.807) is 0 Å². The molecular weight excluding hydrogens is 302 g/mol. The van der Waals surface area contributed by atoms with Gasteiger partial charge in [0.05, 0.1) is 0 Å². The Hall–Kier alpha value is -3.19. The smallest absolute Gasteiger partial charge is 0.243 e. The number of nitrogen functional groups attached to an aromatic ring is 1. The van der Waals surface area contributed by atoms with Crippen molar-refractivity contribution in [3.8, 4) is 0 Å². The molecule has 3 aromatic rings. The Labute approximate surface area is 140 Å². The summed E-state index contributed by atoms with van der Waals surface area (Å²) in [5.74, 6) is 6.66. The second-order valence-electron chi connectivity index (χ2n) is 5.13. The lowest BCUT2D eigenvalue weighted by Gasteiger charge is -2.10. The van der Waals surface area contributed by atoms with Crippen LogP contribution >= 0.6 is 0 Å². The number of nitrogens with one attached hydrogen (secondary N) is 3. The van der Waals surface area contributed by atoms with Gasteiger partial charge in [-0.15, -0.1) is 0 Å². The van der Waals surface area contributed by atoms with Crippen molar-refractivity contribution < 1.29 is 0 Å². The third-order valence-electron chi connectivity index (χ3n) is 3.35. The van der Waals surface area contributed by atoms with E-state index in [1.807, 2.05) is 60.7 Å². The van der Waals surface area contributed by atoms with Crippen LogP contribution in [0, 0.1) is 0 Å². The van der Waals surface area contributed by atoms with Crippen LogP contribution in [0.25, 0.3) is 0 Å². The lowest BCUT2D eigenvalue weighted by Crippen LogP contribution is -2.15. The standard InChI is InChI=1S/C17H19N7/c18-24-17-22-15(19-11-13-7-3-1-4-8-13)21-16(23-17)20-12-14-9-5-2-6-10-14/h1-10H,11-12,18H2,(H3,19,20,21,22,23,24). The van der Waals surface area contributed by atoms with Gasteiger partial charge in [-0.1, -0.05) is 60.7 Å². The SMILES string of the molecule is NNc1nc(NCc2ccccc2)nc(NCc2ccccc2)n1. The van der Waals surface area contributed by atoms with E-state index in [0.717, 1.165) is 11.1 Å². The molecule has 122 valence electrons. The third-order valence-corrected chi connectivity index (χ3v) is 3.35. The third kappa shape index (κ3) is 4.40. The molecule has 0 aliphatic carbocycles. The highest BCUT2D eigenvalue weighted by Gasteiger charge is 2.05. The van der Waals surface area contributed by atoms with E-state index in [4.69, 9.17) is 5.84 Å². The number of nitrogens with zero attached hydrogens (tertiary/aromatic N) is 3. The van der Waals surface area contributed by atoms with Gasteiger partial charge in [0.2, 0.25) is 17.8 Å². The van der Waals surface area contributed by atoms with Gasteiger partial charge in [0, 0.05) is 13.1 Å². The second-order valence-corrected chi connectivity index (χ2v) is 5.13. The summed E-state index contributed by atoms with van der Waals surface area (Å²) in [5, 5.41) is 6.35. The van der Waals surface area contributed by atoms with Crippen molar-refractivity contribution in [3.05, 3.63) is 71.8 Å². The monoisotopic (exact) mass is 321 g/mol. The first-order valence-corrected chi connectivity index (χ1v) is 7.62. The normalized spacial score (nSPS) is 10.2. The first-order valence-electron chi connectivity index (χ1n) is 7.62. The van der Waals surface area contributed by atoms with Crippen LogP contribution in [0.15, 0.2) is 60.7 Å². The van der Waals surface area contributed by atoms with E-state index >= 15 is 0 Å². The van der Waals surface area contributed by atoms with Crippen LogP contribution in [0.5, 0.6) is 0 Å². The lowest BCUT2D eigenvalue weighted by atomic mass is 10.2. The Kier molecular flexibility index (Phi) is 5.16. The highest BCUT2D eigenvalue weighted by Crippen LogP contribution is 2.11. The van der Waals surface area contributed by atoms with Crippen LogP contribution in [0.4, 0.5) is 17.8 Å². The number of nitrogens with two attached hydrogens (primary N) is 1. The number of anilines is 3. The van der Waals surface area contributed by atoms with Crippen LogP contribution in [0.1, 0.15) is 11.1 Å². The summed E-state index contributed by atoms with van der Waals surface area (Å²) in [5.41, 5.74) is 4.74. The first-order chi connectivity index (χ1) is 11.8. The maximum Gasteiger partial charge on any atom is 0.243 e. The van der Waals surface area contributed by atoms with Gasteiger partial charge in [-0.05, 0) is 11.1 Å². The fraction of sp³-hybridized carbons (Fsp3) is 0.118. The fourth-order valence-electron chi connectivity index (χ4n) is 2.15. The second kappa shape index (κ2) is 7.89. The van der Waals surface area contributed by atoms with E-state index in [-0.39, 0.29) is 0 Å². The van der Waals surface area contributed by atoms with E-state index < -0.39 is 0 Å². The topological polar surface area (TPSA) is 101 Å². The molecule has 0 radical (unpaired) electrons. The van der Waals surface area contributed by atoms with Crippen molar-refractivity contribution >= 4 is 17.8 Å². The Morgan fingerprint density at radius 3 is 1.46 bits per heavy atom. The van der Waals surface area contributed by atoms with E-state index in [9.17, 15) is 0 Å². The molecule has 7 nitrogen and oxygen atoms in total. The molecule has 0 saturated carbocycles. The zero-order valence-electron chi connectivity index (χ0n) is 13.1. The molecule has 0 bridgehead atoms. The average Bonchev–Trinajstić information content (AvgIpc) is 2.66. The summed E-state index contributed by atoms with van der Waals surface area (Å²) in [6, 6.07) is 20.1. The van der Waals surface area contributed by atoms with Crippen molar-refractivity contribution in [2.45, 2.75) is 13.1 Å². The highest BCUT2D eigenvalue weighted by molar-refractivity contribution is 5.42. The van der Waals surface area contributed by atoms with Crippen molar-refractivity contribution in [2.75, 3.05) is 16.1 Å². The number of hydrogen-bond donors (Lipinski definition) is 4. The maximum absolute atomic E-state index is 5.44. The summed E-state index contributed by atoms with van der Waals surface area (Å²) >= 11 is 0. The summed E-state index contributed by atoms with van der Waals surface area (Å²) in [6.07, 6.45) is 0. The molecule has 7 heteroatoms. The first kappa shape index (κ1) is 15.7. The van der Waals surface area contributed by atoms with E-state index in [2.05, 4.69) is 31.0 Å².